The van der Waals surface area contributed by atoms with Crippen LogP contribution in [0, 0.1) is 0 Å². The number of rotatable bonds is 4. The van der Waals surface area contributed by atoms with E-state index in [2.05, 4.69) is 10.3 Å². The summed E-state index contributed by atoms with van der Waals surface area (Å²) in [4.78, 5) is 0.261. The molecule has 0 aliphatic rings. The lowest BCUT2D eigenvalue weighted by Crippen LogP contribution is -2.29. The molecule has 21 heavy (non-hydrogen) atoms. The number of nitrogens with zero attached hydrogens (tertiary/aromatic N) is 4. The second kappa shape index (κ2) is 5.27. The standard InChI is InChI=1S/C14H14N4O2S/c1-17(21(19,20)12-7-3-2-4-8-12)11-18-14-10-6-5-9-13(14)15-16-18/h2-10H,11H2,1H3. The Morgan fingerprint density at radius 3 is 2.48 bits per heavy atom. The third-order valence-corrected chi connectivity index (χ3v) is 5.01. The monoisotopic (exact) mass is 302 g/mol. The van der Waals surface area contributed by atoms with E-state index in [-0.39, 0.29) is 11.6 Å². The van der Waals surface area contributed by atoms with Crippen molar-refractivity contribution >= 4 is 21.1 Å². The molecule has 0 atom stereocenters. The highest BCUT2D eigenvalue weighted by molar-refractivity contribution is 7.89. The van der Waals surface area contributed by atoms with Gasteiger partial charge >= 0.3 is 0 Å². The van der Waals surface area contributed by atoms with E-state index >= 15 is 0 Å². The number of fused-ring (bicyclic) bond motifs is 1. The van der Waals surface area contributed by atoms with E-state index in [1.165, 1.54) is 11.4 Å². The van der Waals surface area contributed by atoms with Crippen LogP contribution in [0.2, 0.25) is 0 Å². The van der Waals surface area contributed by atoms with Crippen LogP contribution >= 0.6 is 0 Å². The van der Waals surface area contributed by atoms with Gasteiger partial charge in [0.15, 0.2) is 0 Å². The highest BCUT2D eigenvalue weighted by atomic mass is 32.2. The summed E-state index contributed by atoms with van der Waals surface area (Å²) >= 11 is 0. The molecule has 0 fully saturated rings. The van der Waals surface area contributed by atoms with Crippen LogP contribution in [0.3, 0.4) is 0 Å². The van der Waals surface area contributed by atoms with E-state index in [0.717, 1.165) is 11.0 Å². The van der Waals surface area contributed by atoms with Crippen LogP contribution in [0.15, 0.2) is 59.5 Å². The van der Waals surface area contributed by atoms with Crippen molar-refractivity contribution in [3.05, 3.63) is 54.6 Å². The van der Waals surface area contributed by atoms with Gasteiger partial charge < -0.3 is 0 Å². The van der Waals surface area contributed by atoms with Crippen molar-refractivity contribution in [2.45, 2.75) is 11.6 Å². The number of benzene rings is 2. The Bertz CT molecular complexity index is 859. The van der Waals surface area contributed by atoms with E-state index in [1.54, 1.807) is 35.0 Å². The third-order valence-electron chi connectivity index (χ3n) is 3.20. The van der Waals surface area contributed by atoms with Gasteiger partial charge in [-0.3, -0.25) is 0 Å². The first-order chi connectivity index (χ1) is 10.1. The lowest BCUT2D eigenvalue weighted by atomic mass is 10.3. The van der Waals surface area contributed by atoms with Crippen molar-refractivity contribution in [1.29, 1.82) is 0 Å². The molecule has 0 saturated carbocycles. The van der Waals surface area contributed by atoms with Gasteiger partial charge in [0.2, 0.25) is 10.0 Å². The van der Waals surface area contributed by atoms with Gasteiger partial charge in [0, 0.05) is 7.05 Å². The topological polar surface area (TPSA) is 68.1 Å². The van der Waals surface area contributed by atoms with Gasteiger partial charge in [0.05, 0.1) is 10.4 Å². The first-order valence-corrected chi connectivity index (χ1v) is 7.83. The maximum Gasteiger partial charge on any atom is 0.244 e. The summed E-state index contributed by atoms with van der Waals surface area (Å²) in [6.45, 7) is 0.109. The van der Waals surface area contributed by atoms with Crippen molar-refractivity contribution in [2.75, 3.05) is 7.05 Å². The van der Waals surface area contributed by atoms with Gasteiger partial charge in [-0.1, -0.05) is 35.5 Å². The molecule has 3 aromatic rings. The van der Waals surface area contributed by atoms with Crippen LogP contribution in [0.5, 0.6) is 0 Å². The second-order valence-electron chi connectivity index (χ2n) is 4.64. The Hall–Kier alpha value is -2.25. The summed E-state index contributed by atoms with van der Waals surface area (Å²) in [6.07, 6.45) is 0. The molecule has 0 N–H and O–H groups in total. The zero-order chi connectivity index (χ0) is 14.9. The average molecular weight is 302 g/mol. The molecule has 2 aromatic carbocycles. The van der Waals surface area contributed by atoms with Gasteiger partial charge in [-0.15, -0.1) is 5.10 Å². The average Bonchev–Trinajstić information content (AvgIpc) is 2.91. The molecule has 7 heteroatoms. The predicted octanol–water partition coefficient (Wildman–Crippen LogP) is 1.71. The van der Waals surface area contributed by atoms with Gasteiger partial charge in [-0.25, -0.2) is 13.1 Å². The predicted molar refractivity (Wildman–Crippen MR) is 78.9 cm³/mol. The molecule has 1 heterocycles. The van der Waals surface area contributed by atoms with Crippen molar-refractivity contribution in [3.8, 4) is 0 Å². The van der Waals surface area contributed by atoms with Gasteiger partial charge in [0.25, 0.3) is 0 Å². The highest BCUT2D eigenvalue weighted by Gasteiger charge is 2.21. The Kier molecular flexibility index (Phi) is 3.44. The molecule has 108 valence electrons. The summed E-state index contributed by atoms with van der Waals surface area (Å²) in [5.41, 5.74) is 1.54. The third kappa shape index (κ3) is 2.53. The molecule has 1 aromatic heterocycles. The van der Waals surface area contributed by atoms with Crippen LogP contribution in [0.4, 0.5) is 0 Å². The molecule has 0 aliphatic carbocycles. The maximum atomic E-state index is 12.5. The summed E-state index contributed by atoms with van der Waals surface area (Å²) < 4.78 is 27.7. The molecule has 0 aliphatic heterocycles. The first-order valence-electron chi connectivity index (χ1n) is 6.38. The van der Waals surface area contributed by atoms with Crippen molar-refractivity contribution in [2.24, 2.45) is 0 Å². The SMILES string of the molecule is CN(Cn1nnc2ccccc21)S(=O)(=O)c1ccccc1. The lowest BCUT2D eigenvalue weighted by Gasteiger charge is -2.17. The Labute approximate surface area is 122 Å². The Balaban J connectivity index is 1.91. The summed E-state index contributed by atoms with van der Waals surface area (Å²) in [7, 11) is -2.01. The van der Waals surface area contributed by atoms with E-state index < -0.39 is 10.0 Å². The molecule has 0 spiro atoms. The van der Waals surface area contributed by atoms with Crippen molar-refractivity contribution in [3.63, 3.8) is 0 Å². The van der Waals surface area contributed by atoms with E-state index in [0.29, 0.717) is 0 Å². The van der Waals surface area contributed by atoms with Crippen LogP contribution in [0.1, 0.15) is 0 Å². The number of para-hydroxylation sites is 1. The summed E-state index contributed by atoms with van der Waals surface area (Å²) in [5.74, 6) is 0. The quantitative estimate of drug-likeness (QED) is 0.736. The largest absolute Gasteiger partial charge is 0.244 e. The van der Waals surface area contributed by atoms with Gasteiger partial charge in [0.1, 0.15) is 12.2 Å². The Morgan fingerprint density at radius 2 is 1.71 bits per heavy atom. The van der Waals surface area contributed by atoms with E-state index in [4.69, 9.17) is 0 Å². The number of aromatic nitrogens is 3. The fraction of sp³-hybridized carbons (Fsp3) is 0.143. The fourth-order valence-corrected chi connectivity index (χ4v) is 3.18. The van der Waals surface area contributed by atoms with Gasteiger partial charge in [-0.2, -0.15) is 4.31 Å². The summed E-state index contributed by atoms with van der Waals surface area (Å²) in [5, 5.41) is 8.02. The number of sulfonamides is 1. The zero-order valence-corrected chi connectivity index (χ0v) is 12.2. The maximum absolute atomic E-state index is 12.5. The molecule has 6 nitrogen and oxygen atoms in total. The normalized spacial score (nSPS) is 12.1. The minimum Gasteiger partial charge on any atom is -0.229 e. The Morgan fingerprint density at radius 1 is 1.05 bits per heavy atom. The van der Waals surface area contributed by atoms with Crippen LogP contribution in [-0.4, -0.2) is 34.8 Å². The molecule has 0 amide bonds. The first kappa shape index (κ1) is 13.7. The minimum absolute atomic E-state index is 0.109. The molecule has 0 bridgehead atoms. The zero-order valence-electron chi connectivity index (χ0n) is 11.4. The van der Waals surface area contributed by atoms with Crippen molar-refractivity contribution < 1.29 is 8.42 Å². The number of hydrogen-bond donors (Lipinski definition) is 0. The number of hydrogen-bond acceptors (Lipinski definition) is 4. The highest BCUT2D eigenvalue weighted by Crippen LogP contribution is 2.16. The van der Waals surface area contributed by atoms with Crippen LogP contribution < -0.4 is 0 Å². The van der Waals surface area contributed by atoms with Crippen LogP contribution in [-0.2, 0) is 16.7 Å². The lowest BCUT2D eigenvalue weighted by molar-refractivity contribution is 0.378. The van der Waals surface area contributed by atoms with E-state index in [9.17, 15) is 8.42 Å². The molecule has 0 saturated heterocycles. The fourth-order valence-electron chi connectivity index (χ4n) is 2.06. The van der Waals surface area contributed by atoms with Crippen molar-refractivity contribution in [1.82, 2.24) is 19.3 Å². The molecule has 0 radical (unpaired) electrons. The summed E-state index contributed by atoms with van der Waals surface area (Å²) in [6, 6.07) is 15.8. The van der Waals surface area contributed by atoms with Gasteiger partial charge in [-0.05, 0) is 24.3 Å². The van der Waals surface area contributed by atoms with Crippen LogP contribution in [0.25, 0.3) is 11.0 Å². The molecule has 3 rings (SSSR count). The molecule has 0 unspecified atom stereocenters. The smallest absolute Gasteiger partial charge is 0.229 e. The minimum atomic E-state index is -3.54. The molecular formula is C14H14N4O2S. The second-order valence-corrected chi connectivity index (χ2v) is 6.68. The van der Waals surface area contributed by atoms with E-state index in [1.807, 2.05) is 24.3 Å². The molecular weight excluding hydrogens is 288 g/mol.